The Bertz CT molecular complexity index is 469. The third kappa shape index (κ3) is 10.5. The molecule has 0 aromatic rings. The van der Waals surface area contributed by atoms with Crippen molar-refractivity contribution in [3.63, 3.8) is 0 Å². The van der Waals surface area contributed by atoms with Gasteiger partial charge in [0.2, 0.25) is 0 Å². The molecule has 0 aliphatic heterocycles. The number of ether oxygens (including phenoxy) is 1. The number of rotatable bonds is 15. The third-order valence-electron chi connectivity index (χ3n) is 5.49. The van der Waals surface area contributed by atoms with E-state index in [-0.39, 0.29) is 24.6 Å². The lowest BCUT2D eigenvalue weighted by Crippen LogP contribution is -2.17. The molecule has 1 saturated carbocycles. The molecule has 1 aliphatic carbocycles. The van der Waals surface area contributed by atoms with Crippen LogP contribution in [0.4, 0.5) is 0 Å². The van der Waals surface area contributed by atoms with E-state index in [1.807, 2.05) is 6.08 Å². The van der Waals surface area contributed by atoms with Gasteiger partial charge < -0.3 is 9.84 Å². The number of esters is 1. The Kier molecular flexibility index (Phi) is 12.8. The van der Waals surface area contributed by atoms with Crippen LogP contribution >= 0.6 is 0 Å². The SMILES string of the molecule is C=CCOC(=O)C=CCCCC[C@H]1C(=O)CC[C@@H]1CCC(O)CCCCC. The van der Waals surface area contributed by atoms with Crippen LogP contribution in [0, 0.1) is 11.8 Å². The number of aliphatic hydroxyl groups is 1. The lowest BCUT2D eigenvalue weighted by molar-refractivity contribution is -0.136. The summed E-state index contributed by atoms with van der Waals surface area (Å²) >= 11 is 0. The van der Waals surface area contributed by atoms with Crippen molar-refractivity contribution in [2.75, 3.05) is 6.61 Å². The summed E-state index contributed by atoms with van der Waals surface area (Å²) in [4.78, 5) is 23.5. The highest BCUT2D eigenvalue weighted by atomic mass is 16.5. The second-order valence-corrected chi connectivity index (χ2v) is 7.70. The van der Waals surface area contributed by atoms with Gasteiger partial charge in [0.25, 0.3) is 0 Å². The van der Waals surface area contributed by atoms with Crippen molar-refractivity contribution >= 4 is 11.8 Å². The molecular formula is C23H38O4. The van der Waals surface area contributed by atoms with E-state index < -0.39 is 0 Å². The quantitative estimate of drug-likeness (QED) is 0.185. The third-order valence-corrected chi connectivity index (χ3v) is 5.49. The molecule has 1 aliphatic rings. The number of hydrogen-bond donors (Lipinski definition) is 1. The number of carbonyl (C=O) groups is 2. The van der Waals surface area contributed by atoms with Gasteiger partial charge in [0.15, 0.2) is 0 Å². The van der Waals surface area contributed by atoms with Crippen molar-refractivity contribution in [1.29, 1.82) is 0 Å². The summed E-state index contributed by atoms with van der Waals surface area (Å²) in [6.07, 6.45) is 16.2. The minimum absolute atomic E-state index is 0.175. The van der Waals surface area contributed by atoms with E-state index in [1.54, 1.807) is 6.08 Å². The van der Waals surface area contributed by atoms with Gasteiger partial charge in [-0.25, -0.2) is 4.79 Å². The van der Waals surface area contributed by atoms with Gasteiger partial charge in [-0.15, -0.1) is 0 Å². The van der Waals surface area contributed by atoms with Crippen molar-refractivity contribution in [3.05, 3.63) is 24.8 Å². The fourth-order valence-corrected chi connectivity index (χ4v) is 3.90. The smallest absolute Gasteiger partial charge is 0.330 e. The van der Waals surface area contributed by atoms with Crippen LogP contribution in [0.25, 0.3) is 0 Å². The maximum Gasteiger partial charge on any atom is 0.330 e. The molecular weight excluding hydrogens is 340 g/mol. The van der Waals surface area contributed by atoms with E-state index in [9.17, 15) is 14.7 Å². The van der Waals surface area contributed by atoms with Crippen molar-refractivity contribution in [2.45, 2.75) is 90.1 Å². The van der Waals surface area contributed by atoms with Gasteiger partial charge in [0, 0.05) is 18.4 Å². The summed E-state index contributed by atoms with van der Waals surface area (Å²) in [5, 5.41) is 10.1. The average molecular weight is 379 g/mol. The highest BCUT2D eigenvalue weighted by molar-refractivity contribution is 5.83. The number of allylic oxidation sites excluding steroid dienone is 1. The van der Waals surface area contributed by atoms with E-state index in [4.69, 9.17) is 4.74 Å². The van der Waals surface area contributed by atoms with E-state index in [1.165, 1.54) is 18.9 Å². The van der Waals surface area contributed by atoms with Crippen LogP contribution in [0.3, 0.4) is 0 Å². The lowest BCUT2D eigenvalue weighted by Gasteiger charge is -2.20. The van der Waals surface area contributed by atoms with Crippen LogP contribution < -0.4 is 0 Å². The van der Waals surface area contributed by atoms with Gasteiger partial charge in [-0.3, -0.25) is 4.79 Å². The summed E-state index contributed by atoms with van der Waals surface area (Å²) in [5.74, 6) is 0.694. The Morgan fingerprint density at radius 3 is 2.81 bits per heavy atom. The number of aliphatic hydroxyl groups excluding tert-OH is 1. The standard InChI is InChI=1S/C23H38O4/c1-3-5-8-11-20(24)16-14-19-15-17-22(25)21(19)12-9-6-7-10-13-23(26)27-18-4-2/h4,10,13,19-21,24H,2-3,5-9,11-12,14-18H2,1H3/t19-,20?,21+/m0/s1. The molecule has 1 fully saturated rings. The number of Topliss-reactive ketones (excluding diaryl/α,β-unsaturated/α-hetero) is 1. The Hall–Kier alpha value is -1.42. The first-order valence-corrected chi connectivity index (χ1v) is 10.7. The fraction of sp³-hybridized carbons (Fsp3) is 0.739. The normalized spacial score (nSPS) is 20.9. The fourth-order valence-electron chi connectivity index (χ4n) is 3.90. The zero-order valence-electron chi connectivity index (χ0n) is 17.0. The van der Waals surface area contributed by atoms with Gasteiger partial charge in [0.05, 0.1) is 6.10 Å². The highest BCUT2D eigenvalue weighted by Gasteiger charge is 2.33. The second-order valence-electron chi connectivity index (χ2n) is 7.70. The minimum Gasteiger partial charge on any atom is -0.458 e. The van der Waals surface area contributed by atoms with Crippen LogP contribution in [0.2, 0.25) is 0 Å². The number of carbonyl (C=O) groups excluding carboxylic acids is 2. The molecule has 0 aromatic carbocycles. The molecule has 154 valence electrons. The van der Waals surface area contributed by atoms with E-state index in [2.05, 4.69) is 13.5 Å². The van der Waals surface area contributed by atoms with E-state index >= 15 is 0 Å². The summed E-state index contributed by atoms with van der Waals surface area (Å²) < 4.78 is 4.88. The monoisotopic (exact) mass is 378 g/mol. The molecule has 0 bridgehead atoms. The van der Waals surface area contributed by atoms with E-state index in [0.717, 1.165) is 57.8 Å². The topological polar surface area (TPSA) is 63.6 Å². The minimum atomic E-state index is -0.335. The van der Waals surface area contributed by atoms with Crippen LogP contribution in [-0.4, -0.2) is 29.6 Å². The summed E-state index contributed by atoms with van der Waals surface area (Å²) in [5.41, 5.74) is 0. The maximum atomic E-state index is 12.2. The second kappa shape index (κ2) is 14.6. The zero-order valence-corrected chi connectivity index (χ0v) is 17.0. The molecule has 0 spiro atoms. The first kappa shape index (κ1) is 23.6. The molecule has 0 radical (unpaired) electrons. The average Bonchev–Trinajstić information content (AvgIpc) is 3.01. The molecule has 1 rings (SSSR count). The Morgan fingerprint density at radius 1 is 1.26 bits per heavy atom. The van der Waals surface area contributed by atoms with Crippen LogP contribution in [0.15, 0.2) is 24.8 Å². The molecule has 1 unspecified atom stereocenters. The number of unbranched alkanes of at least 4 members (excludes halogenated alkanes) is 4. The van der Waals surface area contributed by atoms with Crippen molar-refractivity contribution < 1.29 is 19.4 Å². The van der Waals surface area contributed by atoms with Gasteiger partial charge in [0.1, 0.15) is 12.4 Å². The molecule has 1 N–H and O–H groups in total. The highest BCUT2D eigenvalue weighted by Crippen LogP contribution is 2.36. The molecule has 0 heterocycles. The molecule has 0 amide bonds. The van der Waals surface area contributed by atoms with Crippen molar-refractivity contribution in [2.24, 2.45) is 11.8 Å². The Balaban J connectivity index is 2.21. The molecule has 4 nitrogen and oxygen atoms in total. The number of ketones is 1. The Morgan fingerprint density at radius 2 is 2.07 bits per heavy atom. The molecule has 3 atom stereocenters. The van der Waals surface area contributed by atoms with Crippen LogP contribution in [0.1, 0.15) is 84.0 Å². The summed E-state index contributed by atoms with van der Waals surface area (Å²) in [6.45, 7) is 5.91. The molecule has 0 saturated heterocycles. The largest absolute Gasteiger partial charge is 0.458 e. The molecule has 0 aromatic heterocycles. The zero-order chi connectivity index (χ0) is 19.9. The van der Waals surface area contributed by atoms with Gasteiger partial charge in [-0.05, 0) is 50.9 Å². The van der Waals surface area contributed by atoms with Gasteiger partial charge in [-0.2, -0.15) is 0 Å². The summed E-state index contributed by atoms with van der Waals surface area (Å²) in [7, 11) is 0. The predicted octanol–water partition coefficient (Wildman–Crippen LogP) is 5.15. The van der Waals surface area contributed by atoms with Crippen LogP contribution in [-0.2, 0) is 14.3 Å². The predicted molar refractivity (Wildman–Crippen MR) is 109 cm³/mol. The molecule has 27 heavy (non-hydrogen) atoms. The van der Waals surface area contributed by atoms with Crippen molar-refractivity contribution in [3.8, 4) is 0 Å². The van der Waals surface area contributed by atoms with E-state index in [0.29, 0.717) is 18.1 Å². The van der Waals surface area contributed by atoms with Crippen LogP contribution in [0.5, 0.6) is 0 Å². The maximum absolute atomic E-state index is 12.2. The first-order valence-electron chi connectivity index (χ1n) is 10.7. The summed E-state index contributed by atoms with van der Waals surface area (Å²) in [6, 6.07) is 0. The molecule has 4 heteroatoms. The van der Waals surface area contributed by atoms with Gasteiger partial charge >= 0.3 is 5.97 Å². The Labute approximate surface area is 165 Å². The number of hydrogen-bond acceptors (Lipinski definition) is 4. The van der Waals surface area contributed by atoms with Crippen molar-refractivity contribution in [1.82, 2.24) is 0 Å². The first-order chi connectivity index (χ1) is 13.1. The lowest BCUT2D eigenvalue weighted by atomic mass is 9.86. The van der Waals surface area contributed by atoms with Gasteiger partial charge in [-0.1, -0.05) is 51.3 Å².